The number of rotatable bonds is 11. The van der Waals surface area contributed by atoms with Gasteiger partial charge in [-0.3, -0.25) is 4.79 Å². The van der Waals surface area contributed by atoms with Crippen molar-refractivity contribution in [3.05, 3.63) is 47.5 Å². The number of carbonyl (C=O) groups is 1. The first-order valence-electron chi connectivity index (χ1n) is 12.4. The molecule has 0 amide bonds. The maximum Gasteiger partial charge on any atom is 0.311 e. The van der Waals surface area contributed by atoms with E-state index in [4.69, 9.17) is 18.9 Å². The molecule has 5 heteroatoms. The van der Waals surface area contributed by atoms with Crippen LogP contribution in [-0.4, -0.2) is 38.7 Å². The number of methoxy groups -OCH3 is 1. The number of allylic oxidation sites excluding steroid dienone is 2. The lowest BCUT2D eigenvalue weighted by Gasteiger charge is -2.29. The molecule has 0 radical (unpaired) electrons. The summed E-state index contributed by atoms with van der Waals surface area (Å²) in [5.74, 6) is 0.455. The van der Waals surface area contributed by atoms with Crippen molar-refractivity contribution in [1.29, 1.82) is 0 Å². The van der Waals surface area contributed by atoms with Crippen molar-refractivity contribution >= 4 is 5.97 Å². The third kappa shape index (κ3) is 6.21. The number of benzene rings is 1. The van der Waals surface area contributed by atoms with Gasteiger partial charge in [0.1, 0.15) is 0 Å². The van der Waals surface area contributed by atoms with E-state index in [0.29, 0.717) is 18.4 Å². The van der Waals surface area contributed by atoms with E-state index < -0.39 is 0 Å². The van der Waals surface area contributed by atoms with Crippen LogP contribution >= 0.6 is 0 Å². The molecule has 4 rings (SSSR count). The maximum absolute atomic E-state index is 12.6. The third-order valence-electron chi connectivity index (χ3n) is 7.20. The van der Waals surface area contributed by atoms with Crippen molar-refractivity contribution in [3.8, 4) is 0 Å². The van der Waals surface area contributed by atoms with Crippen molar-refractivity contribution in [2.24, 2.45) is 17.8 Å². The zero-order chi connectivity index (χ0) is 22.2. The summed E-state index contributed by atoms with van der Waals surface area (Å²) < 4.78 is 23.0. The van der Waals surface area contributed by atoms with E-state index in [0.717, 1.165) is 58.2 Å². The summed E-state index contributed by atoms with van der Waals surface area (Å²) >= 11 is 0. The molecule has 0 spiro atoms. The topological polar surface area (TPSA) is 54.0 Å². The number of hydrogen-bond acceptors (Lipinski definition) is 5. The zero-order valence-corrected chi connectivity index (χ0v) is 19.4. The molecule has 2 aliphatic carbocycles. The second-order valence-corrected chi connectivity index (χ2v) is 9.46. The molecule has 1 heterocycles. The van der Waals surface area contributed by atoms with Gasteiger partial charge in [-0.05, 0) is 68.8 Å². The highest BCUT2D eigenvalue weighted by atomic mass is 16.7. The Morgan fingerprint density at radius 1 is 1.12 bits per heavy atom. The van der Waals surface area contributed by atoms with Crippen molar-refractivity contribution in [3.63, 3.8) is 0 Å². The minimum Gasteiger partial charge on any atom is -0.469 e. The maximum atomic E-state index is 12.6. The first-order chi connectivity index (χ1) is 15.7. The van der Waals surface area contributed by atoms with E-state index in [1.807, 2.05) is 18.2 Å². The Kier molecular flexibility index (Phi) is 8.77. The fraction of sp³-hybridized carbons (Fsp3) is 0.667. The average Bonchev–Trinajstić information content (AvgIpc) is 3.36. The smallest absolute Gasteiger partial charge is 0.311 e. The van der Waals surface area contributed by atoms with Crippen LogP contribution in [0.2, 0.25) is 0 Å². The Morgan fingerprint density at radius 3 is 2.78 bits per heavy atom. The second kappa shape index (κ2) is 12.0. The molecule has 1 aromatic rings. The van der Waals surface area contributed by atoms with Crippen molar-refractivity contribution < 1.29 is 23.7 Å². The van der Waals surface area contributed by atoms with E-state index in [-0.39, 0.29) is 24.3 Å². The number of esters is 1. The van der Waals surface area contributed by atoms with Gasteiger partial charge in [0.2, 0.25) is 0 Å². The molecule has 1 saturated heterocycles. The van der Waals surface area contributed by atoms with Crippen LogP contribution in [0.15, 0.2) is 42.0 Å². The molecule has 1 unspecified atom stereocenters. The molecule has 3 aliphatic rings. The molecule has 0 bridgehead atoms. The lowest BCUT2D eigenvalue weighted by molar-refractivity contribution is -0.200. The van der Waals surface area contributed by atoms with Crippen LogP contribution in [-0.2, 0) is 30.3 Å². The van der Waals surface area contributed by atoms with Crippen LogP contribution < -0.4 is 0 Å². The number of ether oxygens (including phenoxy) is 4. The highest BCUT2D eigenvalue weighted by Crippen LogP contribution is 2.49. The van der Waals surface area contributed by atoms with Gasteiger partial charge in [0.15, 0.2) is 6.29 Å². The fourth-order valence-electron chi connectivity index (χ4n) is 5.57. The van der Waals surface area contributed by atoms with E-state index in [9.17, 15) is 4.79 Å². The van der Waals surface area contributed by atoms with Gasteiger partial charge in [-0.25, -0.2) is 0 Å². The summed E-state index contributed by atoms with van der Waals surface area (Å²) in [7, 11) is 1.49. The number of fused-ring (bicyclic) bond motifs is 1. The number of unbranched alkanes of at least 4 members (excludes halogenated alkanes) is 2. The van der Waals surface area contributed by atoms with E-state index in [1.165, 1.54) is 31.1 Å². The number of carbonyl (C=O) groups excluding carboxylic acids is 1. The van der Waals surface area contributed by atoms with Crippen LogP contribution in [0.3, 0.4) is 0 Å². The molecule has 5 nitrogen and oxygen atoms in total. The Hall–Kier alpha value is -1.69. The summed E-state index contributed by atoms with van der Waals surface area (Å²) in [5.41, 5.74) is 2.74. The average molecular weight is 443 g/mol. The predicted molar refractivity (Wildman–Crippen MR) is 123 cm³/mol. The van der Waals surface area contributed by atoms with Gasteiger partial charge in [0.25, 0.3) is 0 Å². The van der Waals surface area contributed by atoms with Crippen molar-refractivity contribution in [1.82, 2.24) is 0 Å². The Balaban J connectivity index is 1.18. The first kappa shape index (κ1) is 23.5. The van der Waals surface area contributed by atoms with Crippen LogP contribution in [0.4, 0.5) is 0 Å². The molecule has 0 N–H and O–H groups in total. The highest BCUT2D eigenvalue weighted by Gasteiger charge is 2.50. The summed E-state index contributed by atoms with van der Waals surface area (Å²) in [4.78, 5) is 12.6. The van der Waals surface area contributed by atoms with Gasteiger partial charge < -0.3 is 18.9 Å². The molecule has 1 saturated carbocycles. The van der Waals surface area contributed by atoms with E-state index in [1.54, 1.807) is 0 Å². The van der Waals surface area contributed by atoms with Gasteiger partial charge in [0.05, 0.1) is 25.7 Å². The lowest BCUT2D eigenvalue weighted by Crippen LogP contribution is -2.35. The van der Waals surface area contributed by atoms with Crippen molar-refractivity contribution in [2.45, 2.75) is 76.8 Å². The van der Waals surface area contributed by atoms with Gasteiger partial charge in [-0.1, -0.05) is 48.4 Å². The summed E-state index contributed by atoms with van der Waals surface area (Å²) in [6.07, 6.45) is 11.8. The molecule has 32 heavy (non-hydrogen) atoms. The first-order valence-corrected chi connectivity index (χ1v) is 12.4. The zero-order valence-electron chi connectivity index (χ0n) is 19.4. The summed E-state index contributed by atoms with van der Waals surface area (Å²) in [6.45, 7) is 2.26. The summed E-state index contributed by atoms with van der Waals surface area (Å²) in [5, 5.41) is 0. The van der Waals surface area contributed by atoms with Gasteiger partial charge in [0, 0.05) is 13.2 Å². The Morgan fingerprint density at radius 2 is 2.00 bits per heavy atom. The van der Waals surface area contributed by atoms with Crippen LogP contribution in [0.1, 0.15) is 63.4 Å². The molecular weight excluding hydrogens is 404 g/mol. The molecule has 176 valence electrons. The van der Waals surface area contributed by atoms with Crippen LogP contribution in [0.5, 0.6) is 0 Å². The van der Waals surface area contributed by atoms with Crippen LogP contribution in [0.25, 0.3) is 0 Å². The third-order valence-corrected chi connectivity index (χ3v) is 7.20. The predicted octanol–water partition coefficient (Wildman–Crippen LogP) is 5.43. The monoisotopic (exact) mass is 442 g/mol. The largest absolute Gasteiger partial charge is 0.469 e. The van der Waals surface area contributed by atoms with Gasteiger partial charge in [-0.15, -0.1) is 0 Å². The van der Waals surface area contributed by atoms with E-state index in [2.05, 4.69) is 18.2 Å². The molecule has 0 aromatic heterocycles. The standard InChI is InChI=1S/C27H38O5/c1-29-27(28)26-23-17-21(12-6-3-8-14-30-19-20-10-4-2-5-11-20)16-22(23)18-24(26)32-25-13-7-9-15-31-25/h2,4-5,10-11,16,22-26H,3,6-9,12-15,17-19H2,1H3/t22-,23-,24+,25?,26+/m1/s1. The molecule has 2 fully saturated rings. The SMILES string of the molecule is COC(=O)[C@H]1[C@@H]2CC(CCCCCOCc3ccccc3)=C[C@@H]2C[C@@H]1OC1CCCCO1. The molecular formula is C27H38O5. The van der Waals surface area contributed by atoms with Gasteiger partial charge >= 0.3 is 5.97 Å². The minimum absolute atomic E-state index is 0.0832. The van der Waals surface area contributed by atoms with E-state index >= 15 is 0 Å². The lowest BCUT2D eigenvalue weighted by atomic mass is 9.89. The quantitative estimate of drug-likeness (QED) is 0.260. The Bertz CT molecular complexity index is 740. The molecule has 5 atom stereocenters. The highest BCUT2D eigenvalue weighted by molar-refractivity contribution is 5.74. The fourth-order valence-corrected chi connectivity index (χ4v) is 5.57. The summed E-state index contributed by atoms with van der Waals surface area (Å²) in [6, 6.07) is 10.3. The van der Waals surface area contributed by atoms with Crippen molar-refractivity contribution in [2.75, 3.05) is 20.3 Å². The molecule has 1 aromatic carbocycles. The second-order valence-electron chi connectivity index (χ2n) is 9.46. The van der Waals surface area contributed by atoms with Crippen LogP contribution in [0, 0.1) is 17.8 Å². The minimum atomic E-state index is -0.171. The van der Waals surface area contributed by atoms with Gasteiger partial charge in [-0.2, -0.15) is 0 Å². The Labute approximate surface area is 192 Å². The number of hydrogen-bond donors (Lipinski definition) is 0. The normalized spacial score (nSPS) is 29.5. The molecule has 1 aliphatic heterocycles.